The largest absolute Gasteiger partial charge is 0.497 e. The third-order valence-electron chi connectivity index (χ3n) is 4.16. The van der Waals surface area contributed by atoms with Gasteiger partial charge in [-0.05, 0) is 41.1 Å². The molecule has 0 aliphatic carbocycles. The summed E-state index contributed by atoms with van der Waals surface area (Å²) in [6, 6.07) is 21.2. The second-order valence-corrected chi connectivity index (χ2v) is 5.80. The first-order chi connectivity index (χ1) is 12.2. The van der Waals surface area contributed by atoms with Crippen LogP contribution in [-0.4, -0.2) is 18.0 Å². The van der Waals surface area contributed by atoms with Gasteiger partial charge in [-0.15, -0.1) is 0 Å². The monoisotopic (exact) mass is 328 g/mol. The number of carbonyl (C=O) groups excluding carboxylic acids is 1. The molecule has 0 saturated carbocycles. The molecule has 0 aliphatic rings. The third kappa shape index (κ3) is 3.02. The minimum atomic E-state index is -0.152. The number of amides is 1. The number of rotatable bonds is 3. The van der Waals surface area contributed by atoms with Crippen molar-refractivity contribution in [1.29, 1.82) is 0 Å². The Hall–Kier alpha value is -3.40. The molecule has 3 aromatic carbocycles. The fraction of sp³-hybridized carbons (Fsp3) is 0.0476. The zero-order chi connectivity index (χ0) is 17.2. The van der Waals surface area contributed by atoms with E-state index in [-0.39, 0.29) is 5.91 Å². The van der Waals surface area contributed by atoms with E-state index < -0.39 is 0 Å². The summed E-state index contributed by atoms with van der Waals surface area (Å²) in [7, 11) is 1.62. The van der Waals surface area contributed by atoms with Crippen molar-refractivity contribution in [3.05, 3.63) is 78.5 Å². The third-order valence-corrected chi connectivity index (χ3v) is 4.16. The predicted molar refractivity (Wildman–Crippen MR) is 100 cm³/mol. The first-order valence-corrected chi connectivity index (χ1v) is 7.97. The lowest BCUT2D eigenvalue weighted by Gasteiger charge is -2.08. The number of aromatic nitrogens is 1. The molecular weight excluding hydrogens is 312 g/mol. The summed E-state index contributed by atoms with van der Waals surface area (Å²) in [6.45, 7) is 0. The van der Waals surface area contributed by atoms with Gasteiger partial charge in [-0.1, -0.05) is 30.3 Å². The van der Waals surface area contributed by atoms with Crippen molar-refractivity contribution in [2.45, 2.75) is 0 Å². The van der Waals surface area contributed by atoms with Crippen molar-refractivity contribution in [3.63, 3.8) is 0 Å². The number of ether oxygens (including phenoxy) is 1. The molecular formula is C21H16N2O2. The van der Waals surface area contributed by atoms with E-state index >= 15 is 0 Å². The number of hydrogen-bond acceptors (Lipinski definition) is 3. The van der Waals surface area contributed by atoms with Crippen LogP contribution in [0.25, 0.3) is 21.7 Å². The van der Waals surface area contributed by atoms with Crippen LogP contribution in [0.15, 0.2) is 72.9 Å². The van der Waals surface area contributed by atoms with Gasteiger partial charge in [0.2, 0.25) is 0 Å². The zero-order valence-electron chi connectivity index (χ0n) is 13.7. The smallest absolute Gasteiger partial charge is 0.255 e. The molecule has 25 heavy (non-hydrogen) atoms. The lowest BCUT2D eigenvalue weighted by Crippen LogP contribution is -2.11. The van der Waals surface area contributed by atoms with E-state index in [4.69, 9.17) is 4.74 Å². The number of anilines is 1. The molecule has 0 spiro atoms. The number of fused-ring (bicyclic) bond motifs is 2. The van der Waals surface area contributed by atoms with E-state index in [0.29, 0.717) is 11.3 Å². The van der Waals surface area contributed by atoms with Gasteiger partial charge >= 0.3 is 0 Å². The maximum Gasteiger partial charge on any atom is 0.255 e. The molecule has 4 nitrogen and oxygen atoms in total. The normalized spacial score (nSPS) is 10.8. The number of pyridine rings is 1. The van der Waals surface area contributed by atoms with Crippen molar-refractivity contribution < 1.29 is 9.53 Å². The summed E-state index contributed by atoms with van der Waals surface area (Å²) in [6.07, 6.45) is 1.65. The first kappa shape index (κ1) is 15.1. The summed E-state index contributed by atoms with van der Waals surface area (Å²) in [5.41, 5.74) is 2.10. The Bertz CT molecular complexity index is 1090. The van der Waals surface area contributed by atoms with Crippen molar-refractivity contribution in [2.24, 2.45) is 0 Å². The van der Waals surface area contributed by atoms with Crippen LogP contribution >= 0.6 is 0 Å². The van der Waals surface area contributed by atoms with Crippen LogP contribution in [-0.2, 0) is 0 Å². The standard InChI is InChI=1S/C21H16N2O2/c1-25-19-9-8-16-11-18(13-22-20(16)12-19)23-21(24)17-7-6-14-4-2-3-5-15(14)10-17/h2-13H,1H3,(H,23,24). The number of carbonyl (C=O) groups is 1. The highest BCUT2D eigenvalue weighted by molar-refractivity contribution is 6.07. The van der Waals surface area contributed by atoms with E-state index in [0.717, 1.165) is 27.4 Å². The minimum Gasteiger partial charge on any atom is -0.497 e. The van der Waals surface area contributed by atoms with Gasteiger partial charge in [0.15, 0.2) is 0 Å². The van der Waals surface area contributed by atoms with E-state index in [2.05, 4.69) is 10.3 Å². The Kier molecular flexibility index (Phi) is 3.78. The molecule has 0 aliphatic heterocycles. The highest BCUT2D eigenvalue weighted by Gasteiger charge is 2.08. The van der Waals surface area contributed by atoms with Gasteiger partial charge in [-0.25, -0.2) is 0 Å². The first-order valence-electron chi connectivity index (χ1n) is 7.97. The molecule has 122 valence electrons. The quantitative estimate of drug-likeness (QED) is 0.595. The fourth-order valence-corrected chi connectivity index (χ4v) is 2.83. The molecule has 4 aromatic rings. The number of methoxy groups -OCH3 is 1. The SMILES string of the molecule is COc1ccc2cc(NC(=O)c3ccc4ccccc4c3)cnc2c1. The number of hydrogen-bond donors (Lipinski definition) is 1. The molecule has 4 heteroatoms. The molecule has 0 bridgehead atoms. The molecule has 1 N–H and O–H groups in total. The van der Waals surface area contributed by atoms with Crippen molar-refractivity contribution in [1.82, 2.24) is 4.98 Å². The summed E-state index contributed by atoms with van der Waals surface area (Å²) < 4.78 is 5.20. The van der Waals surface area contributed by atoms with Crippen molar-refractivity contribution in [3.8, 4) is 5.75 Å². The van der Waals surface area contributed by atoms with Crippen molar-refractivity contribution >= 4 is 33.3 Å². The Morgan fingerprint density at radius 3 is 2.56 bits per heavy atom. The molecule has 1 amide bonds. The van der Waals surface area contributed by atoms with Gasteiger partial charge < -0.3 is 10.1 Å². The lowest BCUT2D eigenvalue weighted by molar-refractivity contribution is 0.102. The molecule has 0 fully saturated rings. The van der Waals surface area contributed by atoms with E-state index in [1.54, 1.807) is 13.3 Å². The Balaban J connectivity index is 1.61. The van der Waals surface area contributed by atoms with Gasteiger partial charge in [0.1, 0.15) is 5.75 Å². The van der Waals surface area contributed by atoms with Crippen LogP contribution in [0.5, 0.6) is 5.75 Å². The Morgan fingerprint density at radius 2 is 1.72 bits per heavy atom. The molecule has 1 aromatic heterocycles. The number of benzene rings is 3. The zero-order valence-corrected chi connectivity index (χ0v) is 13.7. The van der Waals surface area contributed by atoms with E-state index in [1.165, 1.54) is 0 Å². The van der Waals surface area contributed by atoms with E-state index in [9.17, 15) is 4.79 Å². The maximum atomic E-state index is 12.5. The fourth-order valence-electron chi connectivity index (χ4n) is 2.83. The number of nitrogens with zero attached hydrogens (tertiary/aromatic N) is 1. The molecule has 1 heterocycles. The predicted octanol–water partition coefficient (Wildman–Crippen LogP) is 4.65. The molecule has 0 unspecified atom stereocenters. The molecule has 4 rings (SSSR count). The minimum absolute atomic E-state index is 0.152. The van der Waals surface area contributed by atoms with Gasteiger partial charge in [-0.3, -0.25) is 9.78 Å². The van der Waals surface area contributed by atoms with Gasteiger partial charge in [0, 0.05) is 17.0 Å². The van der Waals surface area contributed by atoms with E-state index in [1.807, 2.05) is 66.7 Å². The summed E-state index contributed by atoms with van der Waals surface area (Å²) >= 11 is 0. The van der Waals surface area contributed by atoms with Crippen LogP contribution in [0.4, 0.5) is 5.69 Å². The van der Waals surface area contributed by atoms with Crippen LogP contribution < -0.4 is 10.1 Å². The maximum absolute atomic E-state index is 12.5. The second-order valence-electron chi connectivity index (χ2n) is 5.80. The van der Waals surface area contributed by atoms with Crippen LogP contribution in [0.3, 0.4) is 0 Å². The highest BCUT2D eigenvalue weighted by atomic mass is 16.5. The molecule has 0 radical (unpaired) electrons. The average Bonchev–Trinajstić information content (AvgIpc) is 2.67. The Labute approximate surface area is 145 Å². The molecule has 0 atom stereocenters. The van der Waals surface area contributed by atoms with Crippen LogP contribution in [0.2, 0.25) is 0 Å². The van der Waals surface area contributed by atoms with Crippen LogP contribution in [0.1, 0.15) is 10.4 Å². The number of nitrogens with one attached hydrogen (secondary N) is 1. The highest BCUT2D eigenvalue weighted by Crippen LogP contribution is 2.22. The van der Waals surface area contributed by atoms with Gasteiger partial charge in [-0.2, -0.15) is 0 Å². The molecule has 0 saturated heterocycles. The average molecular weight is 328 g/mol. The summed E-state index contributed by atoms with van der Waals surface area (Å²) in [5, 5.41) is 6.00. The summed E-state index contributed by atoms with van der Waals surface area (Å²) in [5.74, 6) is 0.605. The van der Waals surface area contributed by atoms with Crippen LogP contribution in [0, 0.1) is 0 Å². The van der Waals surface area contributed by atoms with Gasteiger partial charge in [0.05, 0.1) is 24.5 Å². The second kappa shape index (κ2) is 6.24. The lowest BCUT2D eigenvalue weighted by atomic mass is 10.1. The topological polar surface area (TPSA) is 51.2 Å². The van der Waals surface area contributed by atoms with Crippen molar-refractivity contribution in [2.75, 3.05) is 12.4 Å². The summed E-state index contributed by atoms with van der Waals surface area (Å²) in [4.78, 5) is 16.9. The Morgan fingerprint density at radius 1 is 0.920 bits per heavy atom. The van der Waals surface area contributed by atoms with Gasteiger partial charge in [0.25, 0.3) is 5.91 Å².